The molecule has 0 radical (unpaired) electrons. The Hall–Kier alpha value is -2.87. The summed E-state index contributed by atoms with van der Waals surface area (Å²) in [4.78, 5) is 23.6. The van der Waals surface area contributed by atoms with Gasteiger partial charge in [-0.25, -0.2) is 5.48 Å². The van der Waals surface area contributed by atoms with E-state index in [1.807, 2.05) is 55.5 Å². The van der Waals surface area contributed by atoms with Crippen molar-refractivity contribution in [3.8, 4) is 0 Å². The van der Waals surface area contributed by atoms with Crippen molar-refractivity contribution in [1.82, 2.24) is 15.7 Å². The molecule has 3 aromatic rings. The SMILES string of the molecule is Cc1nnc(SC[C@@H]2C[C@H](c3ccc(CO)cc3)O[C@H](c3cccc(NC(=O)CCCCCC(=O)NO)c3)O2)s1. The second kappa shape index (κ2) is 15.2. The molecule has 2 heterocycles. The number of benzene rings is 2. The van der Waals surface area contributed by atoms with Crippen LogP contribution in [-0.4, -0.2) is 44.2 Å². The van der Waals surface area contributed by atoms with E-state index in [4.69, 9.17) is 14.7 Å². The lowest BCUT2D eigenvalue weighted by atomic mass is 10.0. The predicted molar refractivity (Wildman–Crippen MR) is 152 cm³/mol. The molecular weight excluding hydrogens is 552 g/mol. The molecule has 0 aliphatic carbocycles. The average Bonchev–Trinajstić information content (AvgIpc) is 3.40. The second-order valence-electron chi connectivity index (χ2n) is 9.52. The Labute approximate surface area is 241 Å². The topological polar surface area (TPSA) is 143 Å². The minimum Gasteiger partial charge on any atom is -0.392 e. The Bertz CT molecular complexity index is 1260. The molecule has 1 aromatic heterocycles. The van der Waals surface area contributed by atoms with Crippen LogP contribution in [0.15, 0.2) is 52.9 Å². The second-order valence-corrected chi connectivity index (χ2v) is 12.0. The summed E-state index contributed by atoms with van der Waals surface area (Å²) in [6.45, 7) is 1.91. The number of amides is 2. The first-order valence-corrected chi connectivity index (χ1v) is 15.0. The summed E-state index contributed by atoms with van der Waals surface area (Å²) >= 11 is 3.17. The predicted octanol–water partition coefficient (Wildman–Crippen LogP) is 5.07. The Morgan fingerprint density at radius 1 is 1.02 bits per heavy atom. The molecule has 1 fully saturated rings. The number of aryl methyl sites for hydroxylation is 1. The van der Waals surface area contributed by atoms with E-state index >= 15 is 0 Å². The van der Waals surface area contributed by atoms with Gasteiger partial charge in [-0.3, -0.25) is 14.8 Å². The maximum absolute atomic E-state index is 12.5. The van der Waals surface area contributed by atoms with Crippen molar-refractivity contribution in [1.29, 1.82) is 0 Å². The minimum absolute atomic E-state index is 0.0164. The van der Waals surface area contributed by atoms with Crippen LogP contribution in [0.3, 0.4) is 0 Å². The number of aliphatic hydroxyl groups is 1. The number of aliphatic hydroxyl groups excluding tert-OH is 1. The fraction of sp³-hybridized carbons (Fsp3) is 0.429. The highest BCUT2D eigenvalue weighted by molar-refractivity contribution is 8.01. The van der Waals surface area contributed by atoms with Gasteiger partial charge in [0.1, 0.15) is 5.01 Å². The van der Waals surface area contributed by atoms with Crippen LogP contribution in [0.4, 0.5) is 5.69 Å². The number of nitrogens with zero attached hydrogens (tertiary/aromatic N) is 2. The average molecular weight is 587 g/mol. The van der Waals surface area contributed by atoms with Crippen molar-refractivity contribution >= 4 is 40.6 Å². The Kier molecular flexibility index (Phi) is 11.5. The van der Waals surface area contributed by atoms with Gasteiger partial charge in [0.2, 0.25) is 11.8 Å². The Morgan fingerprint density at radius 3 is 2.50 bits per heavy atom. The zero-order valence-electron chi connectivity index (χ0n) is 22.2. The molecule has 0 unspecified atom stereocenters. The van der Waals surface area contributed by atoms with E-state index in [0.29, 0.717) is 43.5 Å². The van der Waals surface area contributed by atoms with Gasteiger partial charge in [0, 0.05) is 36.3 Å². The van der Waals surface area contributed by atoms with Crippen LogP contribution in [0.25, 0.3) is 0 Å². The quantitative estimate of drug-likeness (QED) is 0.0934. The van der Waals surface area contributed by atoms with Gasteiger partial charge in [0.15, 0.2) is 10.6 Å². The van der Waals surface area contributed by atoms with Gasteiger partial charge in [0.05, 0.1) is 18.8 Å². The van der Waals surface area contributed by atoms with Gasteiger partial charge in [-0.1, -0.05) is 65.9 Å². The highest BCUT2D eigenvalue weighted by atomic mass is 32.2. The number of unbranched alkanes of at least 4 members (excludes halogenated alkanes) is 2. The fourth-order valence-corrected chi connectivity index (χ4v) is 6.17. The highest BCUT2D eigenvalue weighted by Crippen LogP contribution is 2.40. The number of hydrogen-bond acceptors (Lipinski definition) is 10. The van der Waals surface area contributed by atoms with Crippen molar-refractivity contribution in [3.05, 3.63) is 70.2 Å². The summed E-state index contributed by atoms with van der Waals surface area (Å²) in [7, 11) is 0. The van der Waals surface area contributed by atoms with Crippen molar-refractivity contribution in [3.63, 3.8) is 0 Å². The molecule has 10 nitrogen and oxygen atoms in total. The third kappa shape index (κ3) is 9.08. The first-order valence-electron chi connectivity index (χ1n) is 13.2. The molecule has 4 rings (SSSR count). The van der Waals surface area contributed by atoms with Gasteiger partial charge >= 0.3 is 0 Å². The van der Waals surface area contributed by atoms with E-state index in [1.54, 1.807) is 28.6 Å². The number of nitrogens with one attached hydrogen (secondary N) is 2. The number of hydroxylamine groups is 1. The molecule has 0 spiro atoms. The summed E-state index contributed by atoms with van der Waals surface area (Å²) in [5.41, 5.74) is 4.91. The molecule has 1 aliphatic heterocycles. The van der Waals surface area contributed by atoms with E-state index < -0.39 is 12.2 Å². The highest BCUT2D eigenvalue weighted by Gasteiger charge is 2.32. The number of aromatic nitrogens is 2. The molecule has 2 aromatic carbocycles. The van der Waals surface area contributed by atoms with Gasteiger partial charge < -0.3 is 19.9 Å². The lowest BCUT2D eigenvalue weighted by molar-refractivity contribution is -0.245. The lowest BCUT2D eigenvalue weighted by Crippen LogP contribution is -2.31. The van der Waals surface area contributed by atoms with Crippen molar-refractivity contribution in [2.45, 2.75) is 74.9 Å². The van der Waals surface area contributed by atoms with E-state index in [9.17, 15) is 14.7 Å². The first-order chi connectivity index (χ1) is 19.4. The first kappa shape index (κ1) is 30.1. The summed E-state index contributed by atoms with van der Waals surface area (Å²) in [5, 5.41) is 30.1. The van der Waals surface area contributed by atoms with Gasteiger partial charge in [0.25, 0.3) is 0 Å². The molecule has 0 saturated carbocycles. The molecular formula is C28H34N4O6S2. The van der Waals surface area contributed by atoms with Crippen LogP contribution in [-0.2, 0) is 25.7 Å². The number of ether oxygens (including phenoxy) is 2. The number of carbonyl (C=O) groups excluding carboxylic acids is 2. The van der Waals surface area contributed by atoms with Crippen LogP contribution in [0.2, 0.25) is 0 Å². The van der Waals surface area contributed by atoms with Crippen LogP contribution in [0, 0.1) is 6.92 Å². The maximum Gasteiger partial charge on any atom is 0.243 e. The summed E-state index contributed by atoms with van der Waals surface area (Å²) in [6, 6.07) is 15.2. The summed E-state index contributed by atoms with van der Waals surface area (Å²) in [6.07, 6.45) is 2.23. The molecule has 40 heavy (non-hydrogen) atoms. The normalized spacial score (nSPS) is 18.8. The van der Waals surface area contributed by atoms with E-state index in [1.165, 1.54) is 0 Å². The van der Waals surface area contributed by atoms with Crippen molar-refractivity contribution in [2.75, 3.05) is 11.1 Å². The monoisotopic (exact) mass is 586 g/mol. The lowest BCUT2D eigenvalue weighted by Gasteiger charge is -2.36. The van der Waals surface area contributed by atoms with E-state index in [2.05, 4.69) is 15.5 Å². The zero-order valence-corrected chi connectivity index (χ0v) is 23.9. The molecule has 3 atom stereocenters. The van der Waals surface area contributed by atoms with Crippen LogP contribution in [0.1, 0.15) is 72.6 Å². The fourth-order valence-electron chi connectivity index (χ4n) is 4.31. The smallest absolute Gasteiger partial charge is 0.243 e. The van der Waals surface area contributed by atoms with Gasteiger partial charge in [-0.15, -0.1) is 10.2 Å². The molecule has 1 saturated heterocycles. The Balaban J connectivity index is 1.40. The summed E-state index contributed by atoms with van der Waals surface area (Å²) < 4.78 is 13.7. The number of thioether (sulfide) groups is 1. The zero-order chi connectivity index (χ0) is 28.3. The summed E-state index contributed by atoms with van der Waals surface area (Å²) in [5.74, 6) is 0.155. The maximum atomic E-state index is 12.5. The van der Waals surface area contributed by atoms with Crippen molar-refractivity contribution < 1.29 is 29.4 Å². The third-order valence-corrected chi connectivity index (χ3v) is 8.49. The van der Waals surface area contributed by atoms with Crippen LogP contribution < -0.4 is 10.8 Å². The number of rotatable bonds is 13. The third-order valence-electron chi connectivity index (χ3n) is 6.39. The Morgan fingerprint density at radius 2 is 1.80 bits per heavy atom. The molecule has 0 bridgehead atoms. The number of carbonyl (C=O) groups is 2. The van der Waals surface area contributed by atoms with E-state index in [-0.39, 0.29) is 31.1 Å². The molecule has 4 N–H and O–H groups in total. The van der Waals surface area contributed by atoms with E-state index in [0.717, 1.165) is 26.0 Å². The number of hydrogen-bond donors (Lipinski definition) is 4. The van der Waals surface area contributed by atoms with Crippen LogP contribution in [0.5, 0.6) is 0 Å². The molecule has 1 aliphatic rings. The molecule has 12 heteroatoms. The minimum atomic E-state index is -0.632. The molecule has 2 amide bonds. The standard InChI is InChI=1S/C28H34N4O6S2/c1-18-30-31-28(40-18)39-17-23-15-24(20-12-10-19(16-33)11-13-20)38-27(37-23)21-6-5-7-22(14-21)29-25(34)8-3-2-4-9-26(35)32-36/h5-7,10-14,23-24,27,33,36H,2-4,8-9,15-17H2,1H3,(H,29,34)(H,32,35)/t23-,24+,27+/m0/s1. The largest absolute Gasteiger partial charge is 0.392 e. The van der Waals surface area contributed by atoms with Gasteiger partial charge in [-0.2, -0.15) is 0 Å². The van der Waals surface area contributed by atoms with Crippen molar-refractivity contribution in [2.24, 2.45) is 0 Å². The van der Waals surface area contributed by atoms with Gasteiger partial charge in [-0.05, 0) is 43.0 Å². The molecule has 214 valence electrons. The van der Waals surface area contributed by atoms with Crippen LogP contribution >= 0.6 is 23.1 Å². The number of anilines is 1.